The first-order valence-electron chi connectivity index (χ1n) is 10.1. The highest BCUT2D eigenvalue weighted by Crippen LogP contribution is 2.28. The number of thiazole rings is 1. The first-order chi connectivity index (χ1) is 14.7. The highest BCUT2D eigenvalue weighted by molar-refractivity contribution is 7.18. The van der Waals surface area contributed by atoms with Crippen LogP contribution in [0.5, 0.6) is 0 Å². The predicted octanol–water partition coefficient (Wildman–Crippen LogP) is 3.70. The second-order valence-electron chi connectivity index (χ2n) is 7.16. The molecule has 1 fully saturated rings. The predicted molar refractivity (Wildman–Crippen MR) is 124 cm³/mol. The maximum Gasteiger partial charge on any atom is 0.178 e. The van der Waals surface area contributed by atoms with Crippen molar-refractivity contribution in [1.82, 2.24) is 9.88 Å². The van der Waals surface area contributed by atoms with E-state index in [1.807, 2.05) is 18.2 Å². The highest BCUT2D eigenvalue weighted by Gasteiger charge is 2.22. The molecule has 0 bridgehead atoms. The van der Waals surface area contributed by atoms with Crippen LogP contribution in [0.4, 0.5) is 11.4 Å². The maximum atomic E-state index is 8.20. The smallest absolute Gasteiger partial charge is 0.178 e. The average molecular weight is 423 g/mol. The quantitative estimate of drug-likeness (QED) is 0.185. The molecule has 3 aromatic rings. The SMILES string of the molecule is CCNc1ccc(C(=N)/N=N\N)c(N2CCN(Cc3nc4ccccc4s3)CC2)c1. The van der Waals surface area contributed by atoms with Crippen LogP contribution in [0.25, 0.3) is 10.2 Å². The van der Waals surface area contributed by atoms with Crippen molar-refractivity contribution in [2.45, 2.75) is 13.5 Å². The number of benzene rings is 2. The lowest BCUT2D eigenvalue weighted by Gasteiger charge is -2.36. The summed E-state index contributed by atoms with van der Waals surface area (Å²) in [5, 5.41) is 19.7. The molecule has 0 spiro atoms. The fourth-order valence-electron chi connectivity index (χ4n) is 3.74. The van der Waals surface area contributed by atoms with E-state index < -0.39 is 0 Å². The Bertz CT molecular complexity index is 1020. The first kappa shape index (κ1) is 20.2. The van der Waals surface area contributed by atoms with Crippen LogP contribution in [0.1, 0.15) is 17.5 Å². The molecule has 1 aliphatic heterocycles. The number of nitrogens with one attached hydrogen (secondary N) is 2. The molecule has 1 aromatic heterocycles. The van der Waals surface area contributed by atoms with Crippen molar-refractivity contribution in [3.8, 4) is 0 Å². The number of hydrogen-bond acceptors (Lipinski definition) is 7. The Morgan fingerprint density at radius 2 is 2.00 bits per heavy atom. The molecule has 9 heteroatoms. The molecule has 0 radical (unpaired) electrons. The van der Waals surface area contributed by atoms with Crippen LogP contribution in [0.3, 0.4) is 0 Å². The second-order valence-corrected chi connectivity index (χ2v) is 8.28. The van der Waals surface area contributed by atoms with Crippen molar-refractivity contribution in [1.29, 1.82) is 5.41 Å². The van der Waals surface area contributed by atoms with Gasteiger partial charge in [0, 0.05) is 49.7 Å². The van der Waals surface area contributed by atoms with Crippen molar-refractivity contribution in [2.75, 3.05) is 42.9 Å². The van der Waals surface area contributed by atoms with Gasteiger partial charge in [-0.05, 0) is 37.3 Å². The fraction of sp³-hybridized carbons (Fsp3) is 0.333. The van der Waals surface area contributed by atoms with Gasteiger partial charge in [-0.25, -0.2) is 4.98 Å². The minimum atomic E-state index is 0.0763. The molecule has 4 N–H and O–H groups in total. The lowest BCUT2D eigenvalue weighted by atomic mass is 10.1. The Labute approximate surface area is 179 Å². The first-order valence-corrected chi connectivity index (χ1v) is 10.9. The number of anilines is 2. The minimum Gasteiger partial charge on any atom is -0.385 e. The molecule has 1 saturated heterocycles. The van der Waals surface area contributed by atoms with Gasteiger partial charge in [0.1, 0.15) is 5.01 Å². The third-order valence-electron chi connectivity index (χ3n) is 5.20. The molecule has 0 saturated carbocycles. The summed E-state index contributed by atoms with van der Waals surface area (Å²) in [6.07, 6.45) is 0. The van der Waals surface area contributed by atoms with Crippen LogP contribution < -0.4 is 16.1 Å². The Balaban J connectivity index is 1.47. The zero-order valence-electron chi connectivity index (χ0n) is 17.0. The molecule has 0 atom stereocenters. The molecule has 30 heavy (non-hydrogen) atoms. The monoisotopic (exact) mass is 422 g/mol. The van der Waals surface area contributed by atoms with Crippen molar-refractivity contribution in [3.63, 3.8) is 0 Å². The number of para-hydroxylation sites is 1. The lowest BCUT2D eigenvalue weighted by molar-refractivity contribution is 0.249. The summed E-state index contributed by atoms with van der Waals surface area (Å²) in [6.45, 7) is 7.41. The molecule has 0 unspecified atom stereocenters. The number of nitrogens with two attached hydrogens (primary N) is 1. The van der Waals surface area contributed by atoms with Gasteiger partial charge in [-0.3, -0.25) is 10.3 Å². The summed E-state index contributed by atoms with van der Waals surface area (Å²) in [5.74, 6) is 5.25. The van der Waals surface area contributed by atoms with Crippen LogP contribution in [-0.2, 0) is 6.54 Å². The van der Waals surface area contributed by atoms with Gasteiger partial charge in [-0.2, -0.15) is 0 Å². The Morgan fingerprint density at radius 3 is 2.73 bits per heavy atom. The van der Waals surface area contributed by atoms with Gasteiger partial charge in [0.25, 0.3) is 0 Å². The van der Waals surface area contributed by atoms with E-state index in [1.54, 1.807) is 11.3 Å². The van der Waals surface area contributed by atoms with Crippen LogP contribution in [-0.4, -0.2) is 48.4 Å². The summed E-state index contributed by atoms with van der Waals surface area (Å²) < 4.78 is 1.24. The van der Waals surface area contributed by atoms with Crippen molar-refractivity contribution in [2.24, 2.45) is 16.2 Å². The number of hydrogen-bond donors (Lipinski definition) is 3. The van der Waals surface area contributed by atoms with Crippen LogP contribution in [0.2, 0.25) is 0 Å². The van der Waals surface area contributed by atoms with Crippen molar-refractivity contribution >= 4 is 38.8 Å². The molecule has 0 amide bonds. The van der Waals surface area contributed by atoms with Gasteiger partial charge in [0.15, 0.2) is 5.84 Å². The zero-order chi connectivity index (χ0) is 20.9. The van der Waals surface area contributed by atoms with E-state index in [4.69, 9.17) is 16.2 Å². The van der Waals surface area contributed by atoms with Crippen LogP contribution in [0.15, 0.2) is 52.8 Å². The third kappa shape index (κ3) is 4.42. The van der Waals surface area contributed by atoms with Crippen LogP contribution in [0, 0.1) is 5.41 Å². The molecule has 2 heterocycles. The van der Waals surface area contributed by atoms with E-state index in [-0.39, 0.29) is 5.84 Å². The molecule has 156 valence electrons. The Kier molecular flexibility index (Phi) is 6.20. The molecule has 2 aromatic carbocycles. The van der Waals surface area contributed by atoms with Gasteiger partial charge in [-0.1, -0.05) is 17.4 Å². The molecule has 1 aliphatic rings. The van der Waals surface area contributed by atoms with Crippen molar-refractivity contribution < 1.29 is 0 Å². The number of aromatic nitrogens is 1. The van der Waals surface area contributed by atoms with Crippen molar-refractivity contribution in [3.05, 3.63) is 53.0 Å². The molecule has 8 nitrogen and oxygen atoms in total. The topological polar surface area (TPSA) is 106 Å². The van der Waals surface area contributed by atoms with Gasteiger partial charge < -0.3 is 16.1 Å². The maximum absolute atomic E-state index is 8.20. The summed E-state index contributed by atoms with van der Waals surface area (Å²) in [6, 6.07) is 14.3. The van der Waals surface area contributed by atoms with Gasteiger partial charge >= 0.3 is 0 Å². The summed E-state index contributed by atoms with van der Waals surface area (Å²) >= 11 is 1.77. The van der Waals surface area contributed by atoms with E-state index in [2.05, 4.69) is 56.6 Å². The molecular formula is C21H26N8S. The van der Waals surface area contributed by atoms with Crippen LogP contribution >= 0.6 is 11.3 Å². The zero-order valence-corrected chi connectivity index (χ0v) is 17.8. The van der Waals surface area contributed by atoms with E-state index in [0.717, 1.165) is 66.7 Å². The standard InChI is InChI=1S/C21H26N8S/c1-2-24-15-7-8-16(21(22)26-27-23)18(13-15)29-11-9-28(10-12-29)14-20-25-17-5-3-4-6-19(17)30-20/h3-8,13,24H,2,9-12,14H2,1H3,(H3,22,23,26). The second kappa shape index (κ2) is 9.19. The number of rotatable bonds is 6. The number of fused-ring (bicyclic) bond motifs is 1. The third-order valence-corrected chi connectivity index (χ3v) is 6.22. The number of amidine groups is 1. The minimum absolute atomic E-state index is 0.0763. The lowest BCUT2D eigenvalue weighted by Crippen LogP contribution is -2.46. The Morgan fingerprint density at radius 1 is 1.20 bits per heavy atom. The molecule has 0 aliphatic carbocycles. The molecule has 4 rings (SSSR count). The van der Waals surface area contributed by atoms with E-state index >= 15 is 0 Å². The summed E-state index contributed by atoms with van der Waals surface area (Å²) in [4.78, 5) is 9.51. The normalized spacial score (nSPS) is 15.2. The summed E-state index contributed by atoms with van der Waals surface area (Å²) in [5.41, 5.74) is 3.84. The number of nitrogens with zero attached hydrogens (tertiary/aromatic N) is 5. The van der Waals surface area contributed by atoms with Gasteiger partial charge in [0.05, 0.1) is 16.8 Å². The highest BCUT2D eigenvalue weighted by atomic mass is 32.1. The van der Waals surface area contributed by atoms with Gasteiger partial charge in [-0.15, -0.1) is 16.5 Å². The average Bonchev–Trinajstić information content (AvgIpc) is 3.17. The number of piperazine rings is 1. The summed E-state index contributed by atoms with van der Waals surface area (Å²) in [7, 11) is 0. The fourth-order valence-corrected chi connectivity index (χ4v) is 4.75. The van der Waals surface area contributed by atoms with E-state index in [0.29, 0.717) is 0 Å². The largest absolute Gasteiger partial charge is 0.385 e. The van der Waals surface area contributed by atoms with Gasteiger partial charge in [0.2, 0.25) is 0 Å². The van der Waals surface area contributed by atoms with E-state index in [1.165, 1.54) is 4.70 Å². The molecular weight excluding hydrogens is 396 g/mol. The Hall–Kier alpha value is -3.04. The van der Waals surface area contributed by atoms with E-state index in [9.17, 15) is 0 Å².